The molecule has 2 aromatic heterocycles. The van der Waals surface area contributed by atoms with Crippen molar-refractivity contribution < 1.29 is 4.74 Å². The van der Waals surface area contributed by atoms with Crippen molar-refractivity contribution >= 4 is 5.82 Å². The van der Waals surface area contributed by atoms with Gasteiger partial charge < -0.3 is 10.5 Å². The van der Waals surface area contributed by atoms with Gasteiger partial charge in [0.15, 0.2) is 0 Å². The predicted molar refractivity (Wildman–Crippen MR) is 123 cm³/mol. The number of aromatic amines is 1. The maximum atomic E-state index is 12.8. The molecule has 0 aromatic carbocycles. The normalized spacial score (nSPS) is 18.4. The Morgan fingerprint density at radius 1 is 1.41 bits per heavy atom. The summed E-state index contributed by atoms with van der Waals surface area (Å²) in [6.45, 7) is 7.93. The quantitative estimate of drug-likeness (QED) is 0.674. The first-order chi connectivity index (χ1) is 15.2. The molecular formula is C24H27N5O3. The molecule has 0 bridgehead atoms. The number of nitrogen functional groups attached to an aromatic ring is 1. The molecule has 32 heavy (non-hydrogen) atoms. The Labute approximate surface area is 186 Å². The molecule has 3 rings (SSSR count). The van der Waals surface area contributed by atoms with Gasteiger partial charge in [0, 0.05) is 18.2 Å². The third-order valence-electron chi connectivity index (χ3n) is 5.51. The first kappa shape index (κ1) is 22.8. The standard InChI is InChI=1S/C24H27N5O3/c1-14(2)21-22(30)28-24(31)29(13-18-7-9-27-20(26)12-18)23(21)32-19-11-17(6-5-8-25)10-15(3)16(19)4/h5-7,9-12,14,16,19H,13H2,1-4H3,(H2,26,27)(H,28,30,31)/b6-5+. The van der Waals surface area contributed by atoms with Gasteiger partial charge in [-0.05, 0) is 48.3 Å². The number of nitriles is 1. The second-order valence-corrected chi connectivity index (χ2v) is 8.20. The molecule has 0 saturated heterocycles. The Bertz CT molecular complexity index is 1260. The molecule has 2 atom stereocenters. The summed E-state index contributed by atoms with van der Waals surface area (Å²) in [5.74, 6) is 0.398. The molecule has 0 amide bonds. The minimum absolute atomic E-state index is 0.00802. The maximum Gasteiger partial charge on any atom is 0.331 e. The molecule has 0 fully saturated rings. The van der Waals surface area contributed by atoms with Crippen molar-refractivity contribution in [3.63, 3.8) is 0 Å². The summed E-state index contributed by atoms with van der Waals surface area (Å²) in [6.07, 6.45) is 8.14. The Morgan fingerprint density at radius 3 is 2.81 bits per heavy atom. The van der Waals surface area contributed by atoms with Crippen LogP contribution in [0.1, 0.15) is 44.7 Å². The largest absolute Gasteiger partial charge is 0.470 e. The number of allylic oxidation sites excluding steroid dienone is 4. The van der Waals surface area contributed by atoms with Crippen LogP contribution in [-0.4, -0.2) is 20.6 Å². The van der Waals surface area contributed by atoms with Crippen LogP contribution in [0, 0.1) is 17.2 Å². The summed E-state index contributed by atoms with van der Waals surface area (Å²) in [5, 5.41) is 8.86. The molecule has 0 radical (unpaired) electrons. The Morgan fingerprint density at radius 2 is 2.16 bits per heavy atom. The molecule has 2 unspecified atom stereocenters. The second kappa shape index (κ2) is 9.52. The van der Waals surface area contributed by atoms with Gasteiger partial charge >= 0.3 is 5.69 Å². The fourth-order valence-corrected chi connectivity index (χ4v) is 3.66. The number of anilines is 1. The number of nitrogens with zero attached hydrogens (tertiary/aromatic N) is 3. The summed E-state index contributed by atoms with van der Waals surface area (Å²) >= 11 is 0. The minimum Gasteiger partial charge on any atom is -0.470 e. The smallest absolute Gasteiger partial charge is 0.331 e. The highest BCUT2D eigenvalue weighted by atomic mass is 16.5. The van der Waals surface area contributed by atoms with Crippen LogP contribution in [0.15, 0.2) is 63.4 Å². The third kappa shape index (κ3) is 4.89. The summed E-state index contributed by atoms with van der Waals surface area (Å²) in [5.41, 5.74) is 7.83. The molecule has 8 heteroatoms. The van der Waals surface area contributed by atoms with Crippen molar-refractivity contribution in [2.24, 2.45) is 5.92 Å². The van der Waals surface area contributed by atoms with Gasteiger partial charge in [0.05, 0.1) is 18.2 Å². The Balaban J connectivity index is 2.13. The SMILES string of the molecule is CC1=CC(/C=C/C#N)=CC(Oc2c(C(C)C)c(=O)[nH]c(=O)n2Cc2ccnc(N)c2)C1C. The molecule has 1 aliphatic rings. The van der Waals surface area contributed by atoms with Crippen molar-refractivity contribution in [2.45, 2.75) is 46.3 Å². The van der Waals surface area contributed by atoms with Gasteiger partial charge in [-0.2, -0.15) is 5.26 Å². The molecule has 0 spiro atoms. The fraction of sp³-hybridized carbons (Fsp3) is 0.333. The van der Waals surface area contributed by atoms with E-state index in [2.05, 4.69) is 9.97 Å². The molecule has 2 aromatic rings. The van der Waals surface area contributed by atoms with Crippen LogP contribution >= 0.6 is 0 Å². The van der Waals surface area contributed by atoms with E-state index in [1.54, 1.807) is 24.4 Å². The van der Waals surface area contributed by atoms with Gasteiger partial charge in [0.25, 0.3) is 5.56 Å². The van der Waals surface area contributed by atoms with Crippen molar-refractivity contribution in [1.29, 1.82) is 5.26 Å². The molecule has 166 valence electrons. The van der Waals surface area contributed by atoms with Crippen LogP contribution in [-0.2, 0) is 6.54 Å². The fourth-order valence-electron chi connectivity index (χ4n) is 3.66. The van der Waals surface area contributed by atoms with Gasteiger partial charge in [-0.15, -0.1) is 0 Å². The zero-order valence-corrected chi connectivity index (χ0v) is 18.6. The number of H-pyrrole nitrogens is 1. The monoisotopic (exact) mass is 433 g/mol. The van der Waals surface area contributed by atoms with E-state index in [0.717, 1.165) is 16.7 Å². The molecule has 3 N–H and O–H groups in total. The maximum absolute atomic E-state index is 12.8. The average Bonchev–Trinajstić information content (AvgIpc) is 2.72. The minimum atomic E-state index is -0.561. The summed E-state index contributed by atoms with van der Waals surface area (Å²) in [6, 6.07) is 5.42. The molecule has 2 heterocycles. The second-order valence-electron chi connectivity index (χ2n) is 8.20. The Hall–Kier alpha value is -3.86. The zero-order chi connectivity index (χ0) is 23.4. The lowest BCUT2D eigenvalue weighted by Gasteiger charge is -2.29. The number of nitrogens with one attached hydrogen (secondary N) is 1. The average molecular weight is 434 g/mol. The third-order valence-corrected chi connectivity index (χ3v) is 5.51. The lowest BCUT2D eigenvalue weighted by molar-refractivity contribution is 0.181. The van der Waals surface area contributed by atoms with Gasteiger partial charge in [0.1, 0.15) is 11.9 Å². The van der Waals surface area contributed by atoms with E-state index < -0.39 is 17.4 Å². The lowest BCUT2D eigenvalue weighted by atomic mass is 9.88. The van der Waals surface area contributed by atoms with Crippen LogP contribution in [0.4, 0.5) is 5.82 Å². The zero-order valence-electron chi connectivity index (χ0n) is 18.6. The summed E-state index contributed by atoms with van der Waals surface area (Å²) in [4.78, 5) is 31.9. The van der Waals surface area contributed by atoms with E-state index in [9.17, 15) is 9.59 Å². The summed E-state index contributed by atoms with van der Waals surface area (Å²) < 4.78 is 7.82. The van der Waals surface area contributed by atoms with Gasteiger partial charge in [-0.1, -0.05) is 32.4 Å². The highest BCUT2D eigenvalue weighted by molar-refractivity contribution is 5.41. The number of hydrogen-bond acceptors (Lipinski definition) is 6. The number of pyridine rings is 1. The number of nitrogens with two attached hydrogens (primary N) is 1. The Kier molecular flexibility index (Phi) is 6.79. The number of hydrogen-bond donors (Lipinski definition) is 2. The first-order valence-electron chi connectivity index (χ1n) is 10.4. The molecule has 8 nitrogen and oxygen atoms in total. The van der Waals surface area contributed by atoms with E-state index in [1.807, 2.05) is 45.9 Å². The van der Waals surface area contributed by atoms with Crippen molar-refractivity contribution in [2.75, 3.05) is 5.73 Å². The number of ether oxygens (including phenoxy) is 1. The first-order valence-corrected chi connectivity index (χ1v) is 10.4. The van der Waals surface area contributed by atoms with E-state index in [4.69, 9.17) is 15.7 Å². The summed E-state index contributed by atoms with van der Waals surface area (Å²) in [7, 11) is 0. The predicted octanol–water partition coefficient (Wildman–Crippen LogP) is 3.04. The highest BCUT2D eigenvalue weighted by Gasteiger charge is 2.27. The van der Waals surface area contributed by atoms with Crippen LogP contribution < -0.4 is 21.7 Å². The lowest BCUT2D eigenvalue weighted by Crippen LogP contribution is -2.37. The van der Waals surface area contributed by atoms with Crippen LogP contribution in [0.2, 0.25) is 0 Å². The van der Waals surface area contributed by atoms with Crippen molar-refractivity contribution in [3.8, 4) is 11.9 Å². The van der Waals surface area contributed by atoms with Crippen molar-refractivity contribution in [1.82, 2.24) is 14.5 Å². The van der Waals surface area contributed by atoms with E-state index in [0.29, 0.717) is 11.4 Å². The van der Waals surface area contributed by atoms with E-state index in [-0.39, 0.29) is 24.3 Å². The van der Waals surface area contributed by atoms with Gasteiger partial charge in [0.2, 0.25) is 5.88 Å². The van der Waals surface area contributed by atoms with E-state index >= 15 is 0 Å². The van der Waals surface area contributed by atoms with Crippen LogP contribution in [0.25, 0.3) is 0 Å². The highest BCUT2D eigenvalue weighted by Crippen LogP contribution is 2.30. The topological polar surface area (TPSA) is 127 Å². The van der Waals surface area contributed by atoms with Crippen LogP contribution in [0.3, 0.4) is 0 Å². The number of aromatic nitrogens is 3. The van der Waals surface area contributed by atoms with Crippen molar-refractivity contribution in [3.05, 3.63) is 85.7 Å². The molecule has 1 aliphatic carbocycles. The van der Waals surface area contributed by atoms with Crippen LogP contribution in [0.5, 0.6) is 5.88 Å². The van der Waals surface area contributed by atoms with Gasteiger partial charge in [-0.3, -0.25) is 14.3 Å². The molecule has 0 saturated carbocycles. The molecule has 0 aliphatic heterocycles. The van der Waals surface area contributed by atoms with E-state index in [1.165, 1.54) is 10.6 Å². The van der Waals surface area contributed by atoms with Gasteiger partial charge in [-0.25, -0.2) is 9.78 Å². The number of rotatable bonds is 6. The molecular weight excluding hydrogens is 406 g/mol.